The highest BCUT2D eigenvalue weighted by molar-refractivity contribution is 4.74. The molecule has 0 aromatic rings. The first-order valence-corrected chi connectivity index (χ1v) is 33.8. The van der Waals surface area contributed by atoms with Crippen molar-refractivity contribution >= 4 is 0 Å². The second-order valence-corrected chi connectivity index (χ2v) is 27.2. The van der Waals surface area contributed by atoms with Crippen molar-refractivity contribution in [2.45, 2.75) is 390 Å². The number of rotatable bonds is 22. The molecule has 0 nitrogen and oxygen atoms in total. The molecule has 93 heavy (non-hydrogen) atoms. The highest BCUT2D eigenvalue weighted by atomic mass is 19.4. The van der Waals surface area contributed by atoms with Gasteiger partial charge in [-0.15, -0.1) is 0 Å². The second-order valence-electron chi connectivity index (χ2n) is 27.2. The lowest BCUT2D eigenvalue weighted by atomic mass is 9.94. The summed E-state index contributed by atoms with van der Waals surface area (Å²) in [6.45, 7) is 52.7. The summed E-state index contributed by atoms with van der Waals surface area (Å²) in [6, 6.07) is 0. The zero-order chi connectivity index (χ0) is 77.3. The van der Waals surface area contributed by atoms with Crippen molar-refractivity contribution in [3.8, 4) is 0 Å². The van der Waals surface area contributed by atoms with Gasteiger partial charge in [-0.05, 0) is 72.5 Å². The number of alkyl halides is 24. The Morgan fingerprint density at radius 1 is 0.258 bits per heavy atom. The van der Waals surface area contributed by atoms with Gasteiger partial charge in [0.2, 0.25) is 0 Å². The van der Waals surface area contributed by atoms with Crippen LogP contribution in [-0.4, -0.2) is 49.4 Å². The van der Waals surface area contributed by atoms with E-state index in [1.165, 1.54) is 58.8 Å². The lowest BCUT2D eigenvalue weighted by Gasteiger charge is -2.21. The van der Waals surface area contributed by atoms with E-state index in [1.54, 1.807) is 13.8 Å². The van der Waals surface area contributed by atoms with Crippen molar-refractivity contribution < 1.29 is 105 Å². The summed E-state index contributed by atoms with van der Waals surface area (Å²) in [4.78, 5) is 0. The quantitative estimate of drug-likeness (QED) is 0.0749. The zero-order valence-corrected chi connectivity index (χ0v) is 62.4. The van der Waals surface area contributed by atoms with Crippen LogP contribution in [0.4, 0.5) is 105 Å². The Bertz CT molecular complexity index is 1410. The van der Waals surface area contributed by atoms with Crippen LogP contribution in [0.2, 0.25) is 0 Å². The fraction of sp³-hybridized carbons (Fsp3) is 1.00. The van der Waals surface area contributed by atoms with E-state index < -0.39 is 106 Å². The Hall–Kier alpha value is -1.68. The topological polar surface area (TPSA) is 0 Å². The fourth-order valence-corrected chi connectivity index (χ4v) is 5.16. The van der Waals surface area contributed by atoms with Crippen molar-refractivity contribution in [2.24, 2.45) is 58.2 Å². The monoisotopic (exact) mass is 1420 g/mol. The maximum atomic E-state index is 11.7. The van der Waals surface area contributed by atoms with Gasteiger partial charge < -0.3 is 0 Å². The SMILES string of the molecule is CC(C)C(C)C.CC(CCC(F)(F)F)C(F)(F)F.CCC(C)(C)C.CCC(C)(C)C.CCC(C)CC.CCCC(C(F)(F)F)C(F)(F)F.CCCC(C)C(F)(F)F.CCCCC(C)C.CCCCCC(F)(F)F.CCCCCCC(F)(F)F.CCC[C@H](C)CC(F)(F)F. The van der Waals surface area contributed by atoms with Crippen LogP contribution in [0.25, 0.3) is 0 Å². The second kappa shape index (κ2) is 62.6. The lowest BCUT2D eigenvalue weighted by Crippen LogP contribution is -2.36. The molecule has 0 aromatic heterocycles. The van der Waals surface area contributed by atoms with Crippen LogP contribution in [0.15, 0.2) is 0 Å². The van der Waals surface area contributed by atoms with Gasteiger partial charge in [0.05, 0.1) is 11.8 Å². The Kier molecular flexibility index (Phi) is 77.7. The highest BCUT2D eigenvalue weighted by Gasteiger charge is 2.55. The molecule has 0 radical (unpaired) electrons. The van der Waals surface area contributed by atoms with Gasteiger partial charge in [-0.2, -0.15) is 105 Å². The first kappa shape index (κ1) is 115. The van der Waals surface area contributed by atoms with Crippen LogP contribution in [0.3, 0.4) is 0 Å². The van der Waals surface area contributed by atoms with E-state index in [-0.39, 0.29) is 31.6 Å². The fourth-order valence-electron chi connectivity index (χ4n) is 5.16. The minimum absolute atomic E-state index is 0.135. The van der Waals surface area contributed by atoms with Gasteiger partial charge >= 0.3 is 49.4 Å². The molecule has 24 heteroatoms. The molecule has 0 spiro atoms. The van der Waals surface area contributed by atoms with Gasteiger partial charge in [0.15, 0.2) is 5.92 Å². The number of halogens is 24. The van der Waals surface area contributed by atoms with E-state index in [0.29, 0.717) is 36.5 Å². The first-order valence-electron chi connectivity index (χ1n) is 33.8. The van der Waals surface area contributed by atoms with Gasteiger partial charge in [-0.25, -0.2) is 0 Å². The molecule has 0 aliphatic rings. The maximum absolute atomic E-state index is 11.7. The molecule has 0 heterocycles. The molecule has 580 valence electrons. The van der Waals surface area contributed by atoms with Crippen molar-refractivity contribution in [3.05, 3.63) is 0 Å². The van der Waals surface area contributed by atoms with Crippen molar-refractivity contribution in [2.75, 3.05) is 0 Å². The van der Waals surface area contributed by atoms with Gasteiger partial charge in [0.1, 0.15) is 0 Å². The zero-order valence-electron chi connectivity index (χ0n) is 62.4. The van der Waals surface area contributed by atoms with Crippen LogP contribution < -0.4 is 0 Å². The molecule has 0 amide bonds. The van der Waals surface area contributed by atoms with Gasteiger partial charge in [-0.1, -0.05) is 283 Å². The summed E-state index contributed by atoms with van der Waals surface area (Å²) < 4.78 is 278. The molecule has 0 saturated heterocycles. The van der Waals surface area contributed by atoms with E-state index >= 15 is 0 Å². The number of hydrogen-bond donors (Lipinski definition) is 0. The van der Waals surface area contributed by atoms with Crippen LogP contribution >= 0.6 is 0 Å². The minimum atomic E-state index is -5.17. The van der Waals surface area contributed by atoms with E-state index in [9.17, 15) is 105 Å². The summed E-state index contributed by atoms with van der Waals surface area (Å²) in [5.74, 6) is -2.87. The third-order valence-corrected chi connectivity index (χ3v) is 13.8. The van der Waals surface area contributed by atoms with Gasteiger partial charge in [0, 0.05) is 25.7 Å². The van der Waals surface area contributed by atoms with Crippen LogP contribution in [0, 0.1) is 58.2 Å². The van der Waals surface area contributed by atoms with Crippen molar-refractivity contribution in [1.82, 2.24) is 0 Å². The summed E-state index contributed by atoms with van der Waals surface area (Å²) >= 11 is 0. The van der Waals surface area contributed by atoms with E-state index in [0.717, 1.165) is 56.3 Å². The standard InChI is InChI=1S/2C7H13F3.C7H16.2C6H8F6.2C6H11F3.4C6H14/c1-3-4-6(2)5-7(8,9)10;1-2-3-4-5-6-7(8,9)10;1-4-5-6-7(2)3;1-4(6(10,11)12)2-3-5(7,8)9;1-2-3-4(5(7,8)9)6(10,11)12;1-3-4-5(2)6(7,8)9;1-2-3-4-5-6(7,8)9;2*1-5-6(2,3)4;1-5(2)6(3)4;1-4-6(3)5-2/h6H,3-5H2,1-2H3;2-6H2,1H3;7H,4-6H2,1-3H3;2*4H,2-3H2,1H3;5H,3-4H2,1-2H3;2-5H2,1H3;2*5H2,1-4H3;5-6H,1-4H3;6H,4-5H2,1-3H3/t6-;;;;;;;;;;/m0........../s1. The summed E-state index contributed by atoms with van der Waals surface area (Å²) in [7, 11) is 0. The summed E-state index contributed by atoms with van der Waals surface area (Å²) in [5, 5.41) is 0. The molecule has 0 bridgehead atoms. The van der Waals surface area contributed by atoms with Crippen LogP contribution in [0.5, 0.6) is 0 Å². The molecule has 0 rings (SSSR count). The smallest absolute Gasteiger partial charge is 0.171 e. The normalized spacial score (nSPS) is 13.2. The molecule has 0 fully saturated rings. The van der Waals surface area contributed by atoms with Crippen LogP contribution in [0.1, 0.15) is 341 Å². The van der Waals surface area contributed by atoms with Crippen LogP contribution in [-0.2, 0) is 0 Å². The number of unbranched alkanes of at least 4 members (excludes halogenated alkanes) is 6. The Labute approximate surface area is 552 Å². The minimum Gasteiger partial charge on any atom is -0.171 e. The summed E-state index contributed by atoms with van der Waals surface area (Å²) in [6.07, 6.45) is -24.1. The molecule has 0 aromatic carbocycles. The molecule has 2 unspecified atom stereocenters. The average Bonchev–Trinajstić information content (AvgIpc) is 0.899. The third kappa shape index (κ3) is 131. The molecule has 3 atom stereocenters. The first-order chi connectivity index (χ1) is 41.2. The molecule has 0 N–H and O–H groups in total. The predicted molar refractivity (Wildman–Crippen MR) is 344 cm³/mol. The van der Waals surface area contributed by atoms with E-state index in [2.05, 4.69) is 125 Å². The average molecular weight is 1420 g/mol. The molecular formula is C69H136F24. The van der Waals surface area contributed by atoms with Gasteiger partial charge in [-0.3, -0.25) is 0 Å². The molecular weight excluding hydrogens is 1280 g/mol. The third-order valence-electron chi connectivity index (χ3n) is 13.8. The van der Waals surface area contributed by atoms with Crippen molar-refractivity contribution in [1.29, 1.82) is 0 Å². The molecule has 0 aliphatic carbocycles. The largest absolute Gasteiger partial charge is 0.400 e. The van der Waals surface area contributed by atoms with E-state index in [1.807, 2.05) is 20.8 Å². The lowest BCUT2D eigenvalue weighted by molar-refractivity contribution is -0.285. The predicted octanol–water partition coefficient (Wildman–Crippen LogP) is 32.5. The molecule has 0 aliphatic heterocycles. The number of hydrogen-bond acceptors (Lipinski definition) is 0. The van der Waals surface area contributed by atoms with Gasteiger partial charge in [0.25, 0.3) is 0 Å². The highest BCUT2D eigenvalue weighted by Crippen LogP contribution is 2.42. The molecule has 0 saturated carbocycles. The Morgan fingerprint density at radius 2 is 0.538 bits per heavy atom. The maximum Gasteiger partial charge on any atom is 0.400 e. The summed E-state index contributed by atoms with van der Waals surface area (Å²) in [5.41, 5.74) is 1.08. The van der Waals surface area contributed by atoms with E-state index in [4.69, 9.17) is 0 Å². The Morgan fingerprint density at radius 3 is 0.699 bits per heavy atom. The van der Waals surface area contributed by atoms with Crippen molar-refractivity contribution in [3.63, 3.8) is 0 Å². The Balaban J connectivity index is -0.0000000892.